The monoisotopic (exact) mass is 315 g/mol. The van der Waals surface area contributed by atoms with E-state index in [0.29, 0.717) is 6.42 Å². The van der Waals surface area contributed by atoms with Crippen LogP contribution in [-0.2, 0) is 11.8 Å². The van der Waals surface area contributed by atoms with E-state index >= 15 is 0 Å². The largest absolute Gasteiger partial charge is 0.417 e. The molecule has 1 heterocycles. The number of aliphatic hydroxyl groups is 1. The molecule has 1 aliphatic heterocycles. The number of nitrogens with one attached hydrogen (secondary N) is 1. The summed E-state index contributed by atoms with van der Waals surface area (Å²) in [5.74, 6) is 0. The topological polar surface area (TPSA) is 32.3 Å². The highest BCUT2D eigenvalue weighted by molar-refractivity contribution is 6.31. The highest BCUT2D eigenvalue weighted by Gasteiger charge is 2.37. The Morgan fingerprint density at radius 1 is 1.32 bits per heavy atom. The molecule has 108 valence electrons. The van der Waals surface area contributed by atoms with Gasteiger partial charge in [0.2, 0.25) is 0 Å². The molecular formula is C12H14Cl2F3NO. The third-order valence-corrected chi connectivity index (χ3v) is 3.50. The number of alkyl halides is 3. The summed E-state index contributed by atoms with van der Waals surface area (Å²) in [6, 6.07) is 3.58. The van der Waals surface area contributed by atoms with Crippen LogP contribution < -0.4 is 5.32 Å². The van der Waals surface area contributed by atoms with Crippen LogP contribution in [0.4, 0.5) is 13.2 Å². The van der Waals surface area contributed by atoms with Crippen LogP contribution in [0.3, 0.4) is 0 Å². The average molecular weight is 316 g/mol. The van der Waals surface area contributed by atoms with Gasteiger partial charge in [-0.1, -0.05) is 17.7 Å². The highest BCUT2D eigenvalue weighted by Crippen LogP contribution is 2.38. The van der Waals surface area contributed by atoms with Gasteiger partial charge in [-0.15, -0.1) is 12.4 Å². The van der Waals surface area contributed by atoms with Gasteiger partial charge >= 0.3 is 6.18 Å². The molecule has 1 atom stereocenters. The molecule has 0 bridgehead atoms. The Morgan fingerprint density at radius 3 is 2.53 bits per heavy atom. The van der Waals surface area contributed by atoms with Gasteiger partial charge in [0.1, 0.15) is 5.60 Å². The van der Waals surface area contributed by atoms with Gasteiger partial charge in [0.05, 0.1) is 10.6 Å². The van der Waals surface area contributed by atoms with Gasteiger partial charge in [-0.2, -0.15) is 13.2 Å². The summed E-state index contributed by atoms with van der Waals surface area (Å²) in [5.41, 5.74) is -1.89. The minimum atomic E-state index is -4.51. The van der Waals surface area contributed by atoms with Gasteiger partial charge in [-0.3, -0.25) is 0 Å². The maximum Gasteiger partial charge on any atom is 0.417 e. The van der Waals surface area contributed by atoms with E-state index in [0.717, 1.165) is 19.0 Å². The molecule has 0 amide bonds. The molecule has 2 nitrogen and oxygen atoms in total. The SMILES string of the molecule is Cl.OC1(c2ccc(Cl)c(C(F)(F)F)c2)CCCNC1. The Labute approximate surface area is 120 Å². The van der Waals surface area contributed by atoms with Crippen molar-refractivity contribution in [1.82, 2.24) is 5.32 Å². The molecule has 0 spiro atoms. The molecule has 0 saturated carbocycles. The molecule has 19 heavy (non-hydrogen) atoms. The number of hydrogen-bond acceptors (Lipinski definition) is 2. The van der Waals surface area contributed by atoms with Crippen LogP contribution in [0.1, 0.15) is 24.0 Å². The van der Waals surface area contributed by atoms with Crippen molar-refractivity contribution >= 4 is 24.0 Å². The molecule has 1 aromatic carbocycles. The van der Waals surface area contributed by atoms with E-state index in [-0.39, 0.29) is 29.5 Å². The summed E-state index contributed by atoms with van der Waals surface area (Å²) < 4.78 is 38.2. The molecule has 2 N–H and O–H groups in total. The van der Waals surface area contributed by atoms with E-state index in [9.17, 15) is 18.3 Å². The Hall–Kier alpha value is -0.490. The Bertz CT molecular complexity index is 445. The van der Waals surface area contributed by atoms with Crippen molar-refractivity contribution in [2.45, 2.75) is 24.6 Å². The van der Waals surface area contributed by atoms with E-state index in [1.165, 1.54) is 12.1 Å². The third kappa shape index (κ3) is 3.54. The number of piperidine rings is 1. The van der Waals surface area contributed by atoms with E-state index < -0.39 is 17.3 Å². The van der Waals surface area contributed by atoms with Crippen LogP contribution >= 0.6 is 24.0 Å². The minimum Gasteiger partial charge on any atom is -0.384 e. The second-order valence-electron chi connectivity index (χ2n) is 4.50. The maximum absolute atomic E-state index is 12.7. The first-order chi connectivity index (χ1) is 8.33. The van der Waals surface area contributed by atoms with Crippen LogP contribution in [0, 0.1) is 0 Å². The minimum absolute atomic E-state index is 0. The van der Waals surface area contributed by atoms with Gasteiger partial charge in [-0.05, 0) is 37.1 Å². The molecule has 2 rings (SSSR count). The molecule has 1 aromatic rings. The summed E-state index contributed by atoms with van der Waals surface area (Å²) in [6.45, 7) is 1.02. The van der Waals surface area contributed by atoms with E-state index in [2.05, 4.69) is 5.32 Å². The standard InChI is InChI=1S/C12H13ClF3NO.ClH/c13-10-3-2-8(6-9(10)12(14,15)16)11(18)4-1-5-17-7-11;/h2-3,6,17-18H,1,4-5,7H2;1H. The maximum atomic E-state index is 12.7. The van der Waals surface area contributed by atoms with Crippen LogP contribution in [0.5, 0.6) is 0 Å². The van der Waals surface area contributed by atoms with Gasteiger partial charge in [-0.25, -0.2) is 0 Å². The number of halogens is 5. The highest BCUT2D eigenvalue weighted by atomic mass is 35.5. The van der Waals surface area contributed by atoms with Crippen molar-refractivity contribution in [2.75, 3.05) is 13.1 Å². The zero-order valence-electron chi connectivity index (χ0n) is 9.93. The summed E-state index contributed by atoms with van der Waals surface area (Å²) in [7, 11) is 0. The second kappa shape index (κ2) is 5.87. The van der Waals surface area contributed by atoms with Crippen molar-refractivity contribution in [1.29, 1.82) is 0 Å². The Balaban J connectivity index is 0.00000180. The van der Waals surface area contributed by atoms with E-state index in [4.69, 9.17) is 11.6 Å². The number of benzene rings is 1. The zero-order chi connectivity index (χ0) is 13.4. The fourth-order valence-corrected chi connectivity index (χ4v) is 2.39. The molecule has 0 aliphatic carbocycles. The van der Waals surface area contributed by atoms with Crippen molar-refractivity contribution in [2.24, 2.45) is 0 Å². The fourth-order valence-electron chi connectivity index (χ4n) is 2.17. The van der Waals surface area contributed by atoms with Crippen LogP contribution in [0.2, 0.25) is 5.02 Å². The van der Waals surface area contributed by atoms with Crippen molar-refractivity contribution in [3.63, 3.8) is 0 Å². The Morgan fingerprint density at radius 2 is 2.00 bits per heavy atom. The molecule has 0 aromatic heterocycles. The van der Waals surface area contributed by atoms with Gasteiger partial charge in [0.15, 0.2) is 0 Å². The lowest BCUT2D eigenvalue weighted by molar-refractivity contribution is -0.137. The van der Waals surface area contributed by atoms with E-state index in [1.54, 1.807) is 0 Å². The lowest BCUT2D eigenvalue weighted by Crippen LogP contribution is -2.43. The molecular weight excluding hydrogens is 302 g/mol. The zero-order valence-corrected chi connectivity index (χ0v) is 11.5. The average Bonchev–Trinajstić information content (AvgIpc) is 2.28. The lowest BCUT2D eigenvalue weighted by Gasteiger charge is -2.33. The Kier molecular flexibility index (Phi) is 5.12. The fraction of sp³-hybridized carbons (Fsp3) is 0.500. The van der Waals surface area contributed by atoms with Crippen LogP contribution in [-0.4, -0.2) is 18.2 Å². The first-order valence-electron chi connectivity index (χ1n) is 5.63. The smallest absolute Gasteiger partial charge is 0.384 e. The number of rotatable bonds is 1. The van der Waals surface area contributed by atoms with Crippen LogP contribution in [0.25, 0.3) is 0 Å². The predicted molar refractivity (Wildman–Crippen MR) is 69.7 cm³/mol. The first kappa shape index (κ1) is 16.6. The molecule has 1 aliphatic rings. The normalized spacial score (nSPS) is 23.8. The lowest BCUT2D eigenvalue weighted by atomic mass is 9.86. The first-order valence-corrected chi connectivity index (χ1v) is 6.01. The quantitative estimate of drug-likeness (QED) is 0.833. The van der Waals surface area contributed by atoms with Crippen LogP contribution in [0.15, 0.2) is 18.2 Å². The second-order valence-corrected chi connectivity index (χ2v) is 4.91. The summed E-state index contributed by atoms with van der Waals surface area (Å²) in [4.78, 5) is 0. The number of hydrogen-bond donors (Lipinski definition) is 2. The molecule has 1 saturated heterocycles. The number of β-amino-alcohol motifs (C(OH)–C–C–N with tert-alkyl or cyclic N) is 1. The molecule has 1 fully saturated rings. The molecule has 7 heteroatoms. The summed E-state index contributed by atoms with van der Waals surface area (Å²) in [6.07, 6.45) is -3.34. The van der Waals surface area contributed by atoms with Gasteiger partial charge < -0.3 is 10.4 Å². The summed E-state index contributed by atoms with van der Waals surface area (Å²) >= 11 is 5.55. The van der Waals surface area contributed by atoms with Gasteiger partial charge in [0.25, 0.3) is 0 Å². The third-order valence-electron chi connectivity index (χ3n) is 3.17. The van der Waals surface area contributed by atoms with Crippen molar-refractivity contribution in [3.8, 4) is 0 Å². The molecule has 0 radical (unpaired) electrons. The van der Waals surface area contributed by atoms with Crippen molar-refractivity contribution < 1.29 is 18.3 Å². The summed E-state index contributed by atoms with van der Waals surface area (Å²) in [5, 5.41) is 13.0. The van der Waals surface area contributed by atoms with Crippen molar-refractivity contribution in [3.05, 3.63) is 34.3 Å². The molecule has 1 unspecified atom stereocenters. The van der Waals surface area contributed by atoms with Gasteiger partial charge in [0, 0.05) is 6.54 Å². The predicted octanol–water partition coefficient (Wildman–Crippen LogP) is 3.35. The van der Waals surface area contributed by atoms with E-state index in [1.807, 2.05) is 0 Å².